The van der Waals surface area contributed by atoms with E-state index in [4.69, 9.17) is 14.5 Å². The summed E-state index contributed by atoms with van der Waals surface area (Å²) in [6.07, 6.45) is 7.31. The van der Waals surface area contributed by atoms with Crippen molar-refractivity contribution < 1.29 is 14.3 Å². The van der Waals surface area contributed by atoms with Gasteiger partial charge in [-0.2, -0.15) is 0 Å². The lowest BCUT2D eigenvalue weighted by Gasteiger charge is -2.21. The molecule has 8 heteroatoms. The summed E-state index contributed by atoms with van der Waals surface area (Å²) in [5.74, 6) is 1.98. The Kier molecular flexibility index (Phi) is 12.9. The van der Waals surface area contributed by atoms with Crippen molar-refractivity contribution in [2.45, 2.75) is 71.4 Å². The number of rotatable bonds is 10. The van der Waals surface area contributed by atoms with Crippen LogP contribution in [0.1, 0.15) is 63.0 Å². The number of carbonyl (C=O) groups excluding carboxylic acids is 1. The van der Waals surface area contributed by atoms with Crippen molar-refractivity contribution in [2.75, 3.05) is 39.4 Å². The molecule has 1 unspecified atom stereocenters. The van der Waals surface area contributed by atoms with Crippen molar-refractivity contribution in [1.29, 1.82) is 0 Å². The molecule has 1 aromatic rings. The van der Waals surface area contributed by atoms with Gasteiger partial charge >= 0.3 is 0 Å². The van der Waals surface area contributed by atoms with Crippen LogP contribution in [0.2, 0.25) is 0 Å². The van der Waals surface area contributed by atoms with Crippen LogP contribution in [-0.2, 0) is 16.1 Å². The summed E-state index contributed by atoms with van der Waals surface area (Å²) in [5, 5.41) is 6.72. The lowest BCUT2D eigenvalue weighted by atomic mass is 10.1. The quantitative estimate of drug-likeness (QED) is 0.192. The van der Waals surface area contributed by atoms with Gasteiger partial charge in [0.15, 0.2) is 5.96 Å². The van der Waals surface area contributed by atoms with Crippen LogP contribution in [0.3, 0.4) is 0 Å². The Labute approximate surface area is 216 Å². The maximum absolute atomic E-state index is 12.1. The Morgan fingerprint density at radius 1 is 1.24 bits per heavy atom. The Hall–Kier alpha value is -1.55. The van der Waals surface area contributed by atoms with Gasteiger partial charge in [0.2, 0.25) is 5.91 Å². The second kappa shape index (κ2) is 15.4. The van der Waals surface area contributed by atoms with Crippen LogP contribution in [-0.4, -0.2) is 62.3 Å². The van der Waals surface area contributed by atoms with Gasteiger partial charge in [0, 0.05) is 44.8 Å². The highest BCUT2D eigenvalue weighted by Crippen LogP contribution is 2.23. The second-order valence-corrected chi connectivity index (χ2v) is 8.72. The molecule has 0 bridgehead atoms. The Morgan fingerprint density at radius 3 is 2.91 bits per heavy atom. The molecule has 33 heavy (non-hydrogen) atoms. The number of hydrogen-bond acceptors (Lipinski definition) is 4. The molecule has 0 saturated carbocycles. The van der Waals surface area contributed by atoms with Crippen LogP contribution in [0, 0.1) is 6.92 Å². The maximum atomic E-state index is 12.1. The van der Waals surface area contributed by atoms with Crippen LogP contribution >= 0.6 is 24.0 Å². The van der Waals surface area contributed by atoms with Gasteiger partial charge in [-0.3, -0.25) is 4.79 Å². The standard InChI is InChI=1S/C25H40N4O3.HI/c1-3-26-25(27-13-8-15-29-14-6-4-5-10-24(29)30)28-18-21-12-11-20(2)17-23(21)32-19-22-9-7-16-31-22;/h11-12,17,22H,3-10,13-16,18-19H2,1-2H3,(H2,26,27,28);1H. The number of aliphatic imine (C=N–C) groups is 1. The molecule has 2 aliphatic rings. The molecule has 0 aliphatic carbocycles. The highest BCUT2D eigenvalue weighted by molar-refractivity contribution is 14.0. The highest BCUT2D eigenvalue weighted by Gasteiger charge is 2.17. The fourth-order valence-corrected chi connectivity index (χ4v) is 4.14. The molecule has 2 aliphatic heterocycles. The molecule has 2 saturated heterocycles. The minimum Gasteiger partial charge on any atom is -0.491 e. The van der Waals surface area contributed by atoms with E-state index in [2.05, 4.69) is 42.7 Å². The number of aryl methyl sites for hydroxylation is 1. The van der Waals surface area contributed by atoms with Crippen molar-refractivity contribution in [3.05, 3.63) is 29.3 Å². The molecular formula is C25H41IN4O3. The van der Waals surface area contributed by atoms with Gasteiger partial charge in [0.25, 0.3) is 0 Å². The minimum absolute atomic E-state index is 0. The van der Waals surface area contributed by atoms with Gasteiger partial charge in [-0.1, -0.05) is 18.6 Å². The first-order valence-electron chi connectivity index (χ1n) is 12.3. The van der Waals surface area contributed by atoms with E-state index >= 15 is 0 Å². The third-order valence-electron chi connectivity index (χ3n) is 5.99. The molecule has 2 N–H and O–H groups in total. The van der Waals surface area contributed by atoms with E-state index in [1.165, 1.54) is 5.56 Å². The smallest absolute Gasteiger partial charge is 0.222 e. The number of amides is 1. The molecule has 1 aromatic carbocycles. The molecular weight excluding hydrogens is 531 g/mol. The molecule has 3 rings (SSSR count). The number of nitrogens with one attached hydrogen (secondary N) is 2. The van der Waals surface area contributed by atoms with Crippen LogP contribution in [0.25, 0.3) is 0 Å². The van der Waals surface area contributed by atoms with Crippen molar-refractivity contribution in [1.82, 2.24) is 15.5 Å². The third-order valence-corrected chi connectivity index (χ3v) is 5.99. The number of guanidine groups is 1. The molecule has 1 atom stereocenters. The summed E-state index contributed by atoms with van der Waals surface area (Å²) in [6.45, 7) is 9.40. The van der Waals surface area contributed by atoms with Crippen molar-refractivity contribution in [2.24, 2.45) is 4.99 Å². The second-order valence-electron chi connectivity index (χ2n) is 8.72. The monoisotopic (exact) mass is 572 g/mol. The van der Waals surface area contributed by atoms with Gasteiger partial charge in [-0.25, -0.2) is 4.99 Å². The number of halogens is 1. The summed E-state index contributed by atoms with van der Waals surface area (Å²) in [4.78, 5) is 18.9. The summed E-state index contributed by atoms with van der Waals surface area (Å²) in [7, 11) is 0. The number of likely N-dealkylation sites (tertiary alicyclic amines) is 1. The third kappa shape index (κ3) is 9.68. The van der Waals surface area contributed by atoms with Crippen LogP contribution in [0.4, 0.5) is 0 Å². The lowest BCUT2D eigenvalue weighted by Crippen LogP contribution is -2.39. The number of ether oxygens (including phenoxy) is 2. The van der Waals surface area contributed by atoms with Crippen molar-refractivity contribution in [3.8, 4) is 5.75 Å². The first kappa shape index (κ1) is 27.7. The average Bonchev–Trinajstić information content (AvgIpc) is 3.23. The average molecular weight is 573 g/mol. The Bertz CT molecular complexity index is 753. The van der Waals surface area contributed by atoms with Gasteiger partial charge in [0.05, 0.1) is 12.6 Å². The topological polar surface area (TPSA) is 75.2 Å². The number of carbonyl (C=O) groups is 1. The summed E-state index contributed by atoms with van der Waals surface area (Å²) in [5.41, 5.74) is 2.24. The van der Waals surface area contributed by atoms with Crippen LogP contribution in [0.5, 0.6) is 5.75 Å². The molecule has 2 fully saturated rings. The van der Waals surface area contributed by atoms with Gasteiger partial charge in [0.1, 0.15) is 12.4 Å². The first-order valence-corrected chi connectivity index (χ1v) is 12.3. The zero-order valence-corrected chi connectivity index (χ0v) is 22.6. The predicted molar refractivity (Wildman–Crippen MR) is 144 cm³/mol. The zero-order chi connectivity index (χ0) is 22.6. The fourth-order valence-electron chi connectivity index (χ4n) is 4.14. The highest BCUT2D eigenvalue weighted by atomic mass is 127. The molecule has 0 aromatic heterocycles. The predicted octanol–water partition coefficient (Wildman–Crippen LogP) is 4.02. The van der Waals surface area contributed by atoms with E-state index in [1.807, 2.05) is 4.90 Å². The molecule has 7 nitrogen and oxygen atoms in total. The Balaban J connectivity index is 0.00000385. The van der Waals surface area contributed by atoms with E-state index in [-0.39, 0.29) is 30.1 Å². The number of benzene rings is 1. The van der Waals surface area contributed by atoms with Crippen molar-refractivity contribution >= 4 is 35.8 Å². The summed E-state index contributed by atoms with van der Waals surface area (Å²) in [6, 6.07) is 6.28. The van der Waals surface area contributed by atoms with Crippen LogP contribution in [0.15, 0.2) is 23.2 Å². The SMILES string of the molecule is CCNC(=NCc1ccc(C)cc1OCC1CCCO1)NCCCN1CCCCCC1=O.I. The first-order chi connectivity index (χ1) is 15.7. The van der Waals surface area contributed by atoms with E-state index in [0.717, 1.165) is 88.6 Å². The normalized spacial score (nSPS) is 19.1. The van der Waals surface area contributed by atoms with E-state index in [1.54, 1.807) is 0 Å². The largest absolute Gasteiger partial charge is 0.491 e. The van der Waals surface area contributed by atoms with E-state index in [0.29, 0.717) is 25.5 Å². The van der Waals surface area contributed by atoms with E-state index < -0.39 is 0 Å². The fraction of sp³-hybridized carbons (Fsp3) is 0.680. The van der Waals surface area contributed by atoms with Gasteiger partial charge in [-0.05, 0) is 57.6 Å². The van der Waals surface area contributed by atoms with E-state index in [9.17, 15) is 4.79 Å². The number of hydrogen-bond donors (Lipinski definition) is 2. The van der Waals surface area contributed by atoms with Crippen molar-refractivity contribution in [3.63, 3.8) is 0 Å². The Morgan fingerprint density at radius 2 is 2.12 bits per heavy atom. The molecule has 186 valence electrons. The summed E-state index contributed by atoms with van der Waals surface area (Å²) < 4.78 is 11.8. The molecule has 2 heterocycles. The molecule has 1 amide bonds. The van der Waals surface area contributed by atoms with Gasteiger partial charge in [-0.15, -0.1) is 24.0 Å². The van der Waals surface area contributed by atoms with Gasteiger partial charge < -0.3 is 25.0 Å². The number of nitrogens with zero attached hydrogens (tertiary/aromatic N) is 2. The molecule has 0 radical (unpaired) electrons. The zero-order valence-electron chi connectivity index (χ0n) is 20.2. The maximum Gasteiger partial charge on any atom is 0.222 e. The molecule has 0 spiro atoms. The van der Waals surface area contributed by atoms with Crippen LogP contribution < -0.4 is 15.4 Å². The minimum atomic E-state index is 0. The summed E-state index contributed by atoms with van der Waals surface area (Å²) >= 11 is 0. The lowest BCUT2D eigenvalue weighted by molar-refractivity contribution is -0.130.